The molecule has 0 aromatic heterocycles. The molecule has 40 heavy (non-hydrogen) atoms. The standard InChI is InChI=1S/C33H47ClN2O3S/c1-3-4-5-6-7-8-9-10-11-12-13-14-20-38-30-18-19-32(31(34)22-30)39-24-33(37)35-29-17-15-16-28(21-29)23-36-26-40-25-27(36)2/h15-19,21-22,25H,3-14,20,23-24,26H2,1-2H3,(H,35,37). The molecule has 220 valence electrons. The molecule has 0 saturated carbocycles. The molecule has 1 aliphatic rings. The highest BCUT2D eigenvalue weighted by Gasteiger charge is 2.13. The van der Waals surface area contributed by atoms with Crippen LogP contribution in [0.15, 0.2) is 53.6 Å². The molecule has 5 nitrogen and oxygen atoms in total. The van der Waals surface area contributed by atoms with Gasteiger partial charge in [0, 0.05) is 24.0 Å². The van der Waals surface area contributed by atoms with Gasteiger partial charge in [-0.3, -0.25) is 4.79 Å². The lowest BCUT2D eigenvalue weighted by Gasteiger charge is -2.19. The average molecular weight is 587 g/mol. The maximum absolute atomic E-state index is 12.5. The van der Waals surface area contributed by atoms with Gasteiger partial charge in [-0.25, -0.2) is 0 Å². The normalized spacial score (nSPS) is 12.9. The number of ether oxygens (including phenoxy) is 2. The monoisotopic (exact) mass is 586 g/mol. The van der Waals surface area contributed by atoms with Gasteiger partial charge in [-0.1, -0.05) is 101 Å². The van der Waals surface area contributed by atoms with E-state index in [0.29, 0.717) is 17.4 Å². The molecule has 1 amide bonds. The summed E-state index contributed by atoms with van der Waals surface area (Å²) in [6.07, 6.45) is 15.9. The Labute approximate surface area is 251 Å². The van der Waals surface area contributed by atoms with E-state index >= 15 is 0 Å². The van der Waals surface area contributed by atoms with Gasteiger partial charge in [0.05, 0.1) is 17.5 Å². The molecule has 0 aliphatic carbocycles. The molecule has 2 aromatic carbocycles. The van der Waals surface area contributed by atoms with Gasteiger partial charge in [0.15, 0.2) is 6.61 Å². The summed E-state index contributed by atoms with van der Waals surface area (Å²) in [7, 11) is 0. The minimum Gasteiger partial charge on any atom is -0.494 e. The number of halogens is 1. The molecule has 0 fully saturated rings. The van der Waals surface area contributed by atoms with Crippen LogP contribution in [0, 0.1) is 0 Å². The zero-order chi connectivity index (χ0) is 28.4. The summed E-state index contributed by atoms with van der Waals surface area (Å²) in [5.74, 6) is 1.92. The average Bonchev–Trinajstić information content (AvgIpc) is 3.34. The first kappa shape index (κ1) is 32.2. The fraction of sp³-hybridized carbons (Fsp3) is 0.545. The molecule has 0 radical (unpaired) electrons. The second-order valence-electron chi connectivity index (χ2n) is 10.6. The number of amides is 1. The van der Waals surface area contributed by atoms with Crippen molar-refractivity contribution in [3.05, 3.63) is 64.2 Å². The number of carbonyl (C=O) groups excluding carboxylic acids is 1. The maximum atomic E-state index is 12.5. The molecule has 1 heterocycles. The molecule has 0 spiro atoms. The topological polar surface area (TPSA) is 50.8 Å². The Hall–Kier alpha value is -2.31. The van der Waals surface area contributed by atoms with Gasteiger partial charge in [0.1, 0.15) is 11.5 Å². The van der Waals surface area contributed by atoms with Crippen LogP contribution in [0.5, 0.6) is 11.5 Å². The first-order chi connectivity index (χ1) is 19.5. The van der Waals surface area contributed by atoms with Crippen LogP contribution in [0.2, 0.25) is 5.02 Å². The Morgan fingerprint density at radius 2 is 1.62 bits per heavy atom. The van der Waals surface area contributed by atoms with E-state index in [4.69, 9.17) is 21.1 Å². The quantitative estimate of drug-likeness (QED) is 0.156. The number of benzene rings is 2. The zero-order valence-corrected chi connectivity index (χ0v) is 26.0. The fourth-order valence-corrected chi connectivity index (χ4v) is 5.89. The third kappa shape index (κ3) is 12.5. The third-order valence-corrected chi connectivity index (χ3v) is 8.36. The number of thioether (sulfide) groups is 1. The fourth-order valence-electron chi connectivity index (χ4n) is 4.72. The van der Waals surface area contributed by atoms with E-state index in [0.717, 1.165) is 35.8 Å². The molecule has 1 aliphatic heterocycles. The van der Waals surface area contributed by atoms with E-state index < -0.39 is 0 Å². The van der Waals surface area contributed by atoms with Crippen molar-refractivity contribution in [1.82, 2.24) is 4.90 Å². The Kier molecular flexibility index (Phi) is 15.2. The van der Waals surface area contributed by atoms with Gasteiger partial charge in [0.25, 0.3) is 5.91 Å². The number of unbranched alkanes of at least 4 members (excludes halogenated alkanes) is 11. The number of hydrogen-bond donors (Lipinski definition) is 1. The van der Waals surface area contributed by atoms with E-state index in [1.807, 2.05) is 24.3 Å². The van der Waals surface area contributed by atoms with Crippen molar-refractivity contribution in [2.45, 2.75) is 97.4 Å². The minimum absolute atomic E-state index is 0.117. The smallest absolute Gasteiger partial charge is 0.262 e. The van der Waals surface area contributed by atoms with Gasteiger partial charge in [-0.15, -0.1) is 11.8 Å². The van der Waals surface area contributed by atoms with Crippen molar-refractivity contribution < 1.29 is 14.3 Å². The lowest BCUT2D eigenvalue weighted by atomic mass is 10.1. The highest BCUT2D eigenvalue weighted by molar-refractivity contribution is 8.02. The van der Waals surface area contributed by atoms with Gasteiger partial charge in [0.2, 0.25) is 0 Å². The predicted octanol–water partition coefficient (Wildman–Crippen LogP) is 9.80. The SMILES string of the molecule is CCCCCCCCCCCCCCOc1ccc(OCC(=O)Nc2cccc(CN3CSC=C3C)c2)c(Cl)c1. The molecule has 2 aromatic rings. The van der Waals surface area contributed by atoms with Crippen molar-refractivity contribution in [3.63, 3.8) is 0 Å². The summed E-state index contributed by atoms with van der Waals surface area (Å²) in [4.78, 5) is 14.8. The van der Waals surface area contributed by atoms with Crippen LogP contribution < -0.4 is 14.8 Å². The Morgan fingerprint density at radius 3 is 2.27 bits per heavy atom. The number of hydrogen-bond acceptors (Lipinski definition) is 5. The van der Waals surface area contributed by atoms with Gasteiger partial charge < -0.3 is 19.7 Å². The number of anilines is 1. The Bertz CT molecular complexity index is 1060. The van der Waals surface area contributed by atoms with Crippen LogP contribution in [0.4, 0.5) is 5.69 Å². The van der Waals surface area contributed by atoms with Crippen molar-refractivity contribution in [3.8, 4) is 11.5 Å². The summed E-state index contributed by atoms with van der Waals surface area (Å²) in [5, 5.41) is 5.53. The van der Waals surface area contributed by atoms with Gasteiger partial charge in [-0.2, -0.15) is 0 Å². The first-order valence-corrected chi connectivity index (χ1v) is 16.4. The molecule has 1 N–H and O–H groups in total. The van der Waals surface area contributed by atoms with Crippen LogP contribution in [0.25, 0.3) is 0 Å². The number of rotatable bonds is 20. The highest BCUT2D eigenvalue weighted by atomic mass is 35.5. The predicted molar refractivity (Wildman–Crippen MR) is 170 cm³/mol. The number of allylic oxidation sites excluding steroid dienone is 1. The number of nitrogens with zero attached hydrogens (tertiary/aromatic N) is 1. The zero-order valence-electron chi connectivity index (χ0n) is 24.4. The Balaban J connectivity index is 1.27. The summed E-state index contributed by atoms with van der Waals surface area (Å²) in [6, 6.07) is 13.3. The summed E-state index contributed by atoms with van der Waals surface area (Å²) < 4.78 is 11.6. The lowest BCUT2D eigenvalue weighted by Crippen LogP contribution is -2.21. The van der Waals surface area contributed by atoms with Crippen molar-refractivity contribution in [2.75, 3.05) is 24.4 Å². The van der Waals surface area contributed by atoms with Crippen LogP contribution in [0.3, 0.4) is 0 Å². The van der Waals surface area contributed by atoms with Gasteiger partial charge >= 0.3 is 0 Å². The van der Waals surface area contributed by atoms with Crippen molar-refractivity contribution in [1.29, 1.82) is 0 Å². The second-order valence-corrected chi connectivity index (χ2v) is 11.9. The molecular formula is C33H47ClN2O3S. The third-order valence-electron chi connectivity index (χ3n) is 7.10. The molecule has 7 heteroatoms. The van der Waals surface area contributed by atoms with Crippen LogP contribution in [-0.2, 0) is 11.3 Å². The van der Waals surface area contributed by atoms with E-state index in [9.17, 15) is 4.79 Å². The molecule has 3 rings (SSSR count). The van der Waals surface area contributed by atoms with Crippen LogP contribution in [0.1, 0.15) is 96.5 Å². The second kappa shape index (κ2) is 18.9. The minimum atomic E-state index is -0.228. The van der Waals surface area contributed by atoms with Gasteiger partial charge in [-0.05, 0) is 48.6 Å². The highest BCUT2D eigenvalue weighted by Crippen LogP contribution is 2.29. The van der Waals surface area contributed by atoms with E-state index in [2.05, 4.69) is 35.5 Å². The summed E-state index contributed by atoms with van der Waals surface area (Å²) in [6.45, 7) is 5.77. The first-order valence-electron chi connectivity index (χ1n) is 15.0. The van der Waals surface area contributed by atoms with Crippen LogP contribution in [-0.4, -0.2) is 29.9 Å². The lowest BCUT2D eigenvalue weighted by molar-refractivity contribution is -0.118. The molecule has 0 bridgehead atoms. The van der Waals surface area contributed by atoms with E-state index in [1.54, 1.807) is 23.9 Å². The van der Waals surface area contributed by atoms with E-state index in [1.165, 1.54) is 76.3 Å². The maximum Gasteiger partial charge on any atom is 0.262 e. The van der Waals surface area contributed by atoms with Crippen LogP contribution >= 0.6 is 23.4 Å². The molecular weight excluding hydrogens is 540 g/mol. The molecule has 0 unspecified atom stereocenters. The van der Waals surface area contributed by atoms with Crippen molar-refractivity contribution >= 4 is 35.0 Å². The van der Waals surface area contributed by atoms with E-state index in [-0.39, 0.29) is 12.5 Å². The molecule has 0 saturated heterocycles. The largest absolute Gasteiger partial charge is 0.494 e. The summed E-state index contributed by atoms with van der Waals surface area (Å²) >= 11 is 8.20. The molecule has 0 atom stereocenters. The summed E-state index contributed by atoms with van der Waals surface area (Å²) in [5.41, 5.74) is 3.17. The van der Waals surface area contributed by atoms with Crippen molar-refractivity contribution in [2.24, 2.45) is 0 Å². The number of carbonyl (C=O) groups is 1. The Morgan fingerprint density at radius 1 is 0.925 bits per heavy atom. The number of nitrogens with one attached hydrogen (secondary N) is 1.